The molecule has 8 nitrogen and oxygen atoms in total. The van der Waals surface area contributed by atoms with Crippen molar-refractivity contribution in [2.45, 2.75) is 30.9 Å². The van der Waals surface area contributed by atoms with Crippen molar-refractivity contribution in [2.75, 3.05) is 7.11 Å². The summed E-state index contributed by atoms with van der Waals surface area (Å²) in [5, 5.41) is 9.39. The number of amides is 1. The summed E-state index contributed by atoms with van der Waals surface area (Å²) in [7, 11) is -4.91. The summed E-state index contributed by atoms with van der Waals surface area (Å²) in [5.41, 5.74) is -7.46. The van der Waals surface area contributed by atoms with Crippen LogP contribution in [-0.2, 0) is 19.6 Å². The number of sulfonamides is 1. The molecule has 1 unspecified atom stereocenters. The van der Waals surface area contributed by atoms with Crippen LogP contribution in [-0.4, -0.2) is 53.6 Å². The molecule has 1 aliphatic carbocycles. The van der Waals surface area contributed by atoms with E-state index in [2.05, 4.69) is 4.74 Å². The van der Waals surface area contributed by atoms with Gasteiger partial charge in [0.25, 0.3) is 0 Å². The molecule has 23 heavy (non-hydrogen) atoms. The number of aliphatic carboxylic acids is 1. The number of carboxylic acids is 1. The fraction of sp³-hybridized carbons (Fsp3) is 0.636. The number of carbonyl (C=O) groups is 2. The topological polar surface area (TPSA) is 104 Å². The Morgan fingerprint density at radius 3 is 2.22 bits per heavy atom. The molecule has 1 fully saturated rings. The van der Waals surface area contributed by atoms with Gasteiger partial charge < -0.3 is 9.84 Å². The van der Waals surface area contributed by atoms with Gasteiger partial charge in [-0.1, -0.05) is 6.42 Å². The number of carboxylic acid groups (broad SMARTS) is 1. The lowest BCUT2D eigenvalue weighted by Crippen LogP contribution is -2.61. The number of carbonyl (C=O) groups excluding carboxylic acids is 1. The molecule has 1 heterocycles. The van der Waals surface area contributed by atoms with Crippen molar-refractivity contribution in [3.05, 3.63) is 12.4 Å². The average Bonchev–Trinajstić information content (AvgIpc) is 2.80. The quantitative estimate of drug-likeness (QED) is 0.815. The van der Waals surface area contributed by atoms with E-state index >= 15 is 0 Å². The van der Waals surface area contributed by atoms with Crippen molar-refractivity contribution in [2.24, 2.45) is 5.41 Å². The molecule has 1 amide bonds. The number of methoxy groups -OCH3 is 1. The standard InChI is InChI=1S/C11H13F3N2O6S/c1-22-9(19)15-5-6-16(23(20,21)11(12,13)14)7(15)10(8(17)18)3-2-4-10/h5-7H,2-4H2,1H3,(H,17,18). The highest BCUT2D eigenvalue weighted by atomic mass is 32.2. The molecule has 0 radical (unpaired) electrons. The number of hydrogen-bond acceptors (Lipinski definition) is 5. The molecule has 1 aliphatic heterocycles. The average molecular weight is 358 g/mol. The van der Waals surface area contributed by atoms with Gasteiger partial charge in [-0.25, -0.2) is 9.10 Å². The van der Waals surface area contributed by atoms with Crippen LogP contribution < -0.4 is 0 Å². The van der Waals surface area contributed by atoms with Crippen molar-refractivity contribution in [1.82, 2.24) is 9.21 Å². The monoisotopic (exact) mass is 358 g/mol. The molecular formula is C11H13F3N2O6S. The zero-order valence-corrected chi connectivity index (χ0v) is 12.6. The summed E-state index contributed by atoms with van der Waals surface area (Å²) in [6.45, 7) is 0. The molecule has 0 aromatic carbocycles. The van der Waals surface area contributed by atoms with E-state index in [1.165, 1.54) is 0 Å². The predicted octanol–water partition coefficient (Wildman–Crippen LogP) is 1.27. The van der Waals surface area contributed by atoms with Gasteiger partial charge in [-0.15, -0.1) is 0 Å². The molecule has 0 aromatic heterocycles. The minimum atomic E-state index is -5.86. The Labute approximate surface area is 129 Å². The smallest absolute Gasteiger partial charge is 0.481 e. The van der Waals surface area contributed by atoms with Crippen molar-refractivity contribution in [1.29, 1.82) is 0 Å². The van der Waals surface area contributed by atoms with Gasteiger partial charge in [0, 0.05) is 12.4 Å². The summed E-state index contributed by atoms with van der Waals surface area (Å²) >= 11 is 0. The number of alkyl halides is 3. The Morgan fingerprint density at radius 1 is 1.30 bits per heavy atom. The number of halogens is 3. The Balaban J connectivity index is 2.54. The van der Waals surface area contributed by atoms with Crippen molar-refractivity contribution in [3.8, 4) is 0 Å². The van der Waals surface area contributed by atoms with Crippen LogP contribution in [0.4, 0.5) is 18.0 Å². The summed E-state index contributed by atoms with van der Waals surface area (Å²) < 4.78 is 66.2. The molecular weight excluding hydrogens is 345 g/mol. The van der Waals surface area contributed by atoms with E-state index in [-0.39, 0.29) is 17.1 Å². The van der Waals surface area contributed by atoms with Gasteiger partial charge in [0.05, 0.1) is 7.11 Å². The predicted molar refractivity (Wildman–Crippen MR) is 67.9 cm³/mol. The van der Waals surface area contributed by atoms with Crippen LogP contribution in [0.25, 0.3) is 0 Å². The molecule has 12 heteroatoms. The summed E-state index contributed by atoms with van der Waals surface area (Å²) in [6, 6.07) is 0. The first kappa shape index (κ1) is 17.4. The molecule has 0 saturated heterocycles. The molecule has 2 aliphatic rings. The number of nitrogens with zero attached hydrogens (tertiary/aromatic N) is 2. The molecule has 130 valence electrons. The molecule has 0 spiro atoms. The highest BCUT2D eigenvalue weighted by Gasteiger charge is 2.63. The second kappa shape index (κ2) is 5.28. The molecule has 0 aromatic rings. The van der Waals surface area contributed by atoms with Gasteiger partial charge in [-0.05, 0) is 12.8 Å². The second-order valence-corrected chi connectivity index (χ2v) is 6.98. The van der Waals surface area contributed by atoms with Crippen LogP contribution in [0, 0.1) is 5.41 Å². The van der Waals surface area contributed by atoms with Gasteiger partial charge in [0.1, 0.15) is 11.6 Å². The van der Waals surface area contributed by atoms with E-state index in [0.29, 0.717) is 17.5 Å². The fourth-order valence-electron chi connectivity index (χ4n) is 2.67. The van der Waals surface area contributed by atoms with E-state index in [1.54, 1.807) is 0 Å². The fourth-order valence-corrected chi connectivity index (χ4v) is 3.69. The lowest BCUT2D eigenvalue weighted by Gasteiger charge is -2.47. The minimum absolute atomic E-state index is 0.0634. The SMILES string of the molecule is COC(=O)N1C=CN(S(=O)(=O)C(F)(F)F)C1C1(C(=O)O)CCC1. The summed E-state index contributed by atoms with van der Waals surface area (Å²) in [6.07, 6.45) is -1.47. The van der Waals surface area contributed by atoms with Crippen LogP contribution in [0.1, 0.15) is 19.3 Å². The minimum Gasteiger partial charge on any atom is -0.481 e. The van der Waals surface area contributed by atoms with Gasteiger partial charge >= 0.3 is 27.6 Å². The lowest BCUT2D eigenvalue weighted by atomic mass is 9.66. The van der Waals surface area contributed by atoms with Crippen molar-refractivity contribution >= 4 is 22.1 Å². The lowest BCUT2D eigenvalue weighted by molar-refractivity contribution is -0.163. The molecule has 1 saturated carbocycles. The van der Waals surface area contributed by atoms with E-state index in [4.69, 9.17) is 0 Å². The maximum absolute atomic E-state index is 12.8. The van der Waals surface area contributed by atoms with Crippen LogP contribution in [0.15, 0.2) is 12.4 Å². The number of hydrogen-bond donors (Lipinski definition) is 1. The summed E-state index contributed by atoms with van der Waals surface area (Å²) in [4.78, 5) is 23.8. The maximum Gasteiger partial charge on any atom is 0.516 e. The number of ether oxygens (including phenoxy) is 1. The Hall–Kier alpha value is -1.98. The summed E-state index contributed by atoms with van der Waals surface area (Å²) in [5.74, 6) is -1.48. The van der Waals surface area contributed by atoms with Crippen LogP contribution in [0.2, 0.25) is 0 Å². The third-order valence-electron chi connectivity index (χ3n) is 4.00. The third kappa shape index (κ3) is 2.40. The van der Waals surface area contributed by atoms with Crippen LogP contribution >= 0.6 is 0 Å². The van der Waals surface area contributed by atoms with Gasteiger partial charge in [-0.2, -0.15) is 21.6 Å². The second-order valence-electron chi connectivity index (χ2n) is 5.14. The number of rotatable bonds is 3. The zero-order valence-electron chi connectivity index (χ0n) is 11.8. The highest BCUT2D eigenvalue weighted by molar-refractivity contribution is 7.90. The normalized spacial score (nSPS) is 23.6. The first-order valence-electron chi connectivity index (χ1n) is 6.37. The van der Waals surface area contributed by atoms with Crippen LogP contribution in [0.5, 0.6) is 0 Å². The molecule has 2 rings (SSSR count). The maximum atomic E-state index is 12.8. The van der Waals surface area contributed by atoms with E-state index in [0.717, 1.165) is 13.3 Å². The molecule has 1 N–H and O–H groups in total. The first-order valence-corrected chi connectivity index (χ1v) is 7.81. The van der Waals surface area contributed by atoms with Gasteiger partial charge in [0.15, 0.2) is 0 Å². The third-order valence-corrected chi connectivity index (χ3v) is 5.46. The zero-order chi connectivity index (χ0) is 17.6. The van der Waals surface area contributed by atoms with Gasteiger partial charge in [0.2, 0.25) is 0 Å². The first-order chi connectivity index (χ1) is 10.5. The van der Waals surface area contributed by atoms with Crippen molar-refractivity contribution < 1.29 is 41.0 Å². The molecule has 1 atom stereocenters. The molecule has 0 bridgehead atoms. The Morgan fingerprint density at radius 2 is 1.87 bits per heavy atom. The van der Waals surface area contributed by atoms with Crippen molar-refractivity contribution in [3.63, 3.8) is 0 Å². The van der Waals surface area contributed by atoms with Crippen LogP contribution in [0.3, 0.4) is 0 Å². The van der Waals surface area contributed by atoms with Gasteiger partial charge in [-0.3, -0.25) is 9.69 Å². The highest BCUT2D eigenvalue weighted by Crippen LogP contribution is 2.50. The van der Waals surface area contributed by atoms with E-state index in [1.807, 2.05) is 0 Å². The Bertz CT molecular complexity index is 655. The van der Waals surface area contributed by atoms with E-state index < -0.39 is 39.2 Å². The Kier molecular flexibility index (Phi) is 3.99. The largest absolute Gasteiger partial charge is 0.516 e. The van der Waals surface area contributed by atoms with E-state index in [9.17, 15) is 36.3 Å².